The molecule has 2 N–H and O–H groups in total. The van der Waals surface area contributed by atoms with E-state index in [1.54, 1.807) is 20.4 Å². The van der Waals surface area contributed by atoms with Gasteiger partial charge in [0.1, 0.15) is 5.75 Å². The molecule has 0 bridgehead atoms. The SMILES string of the molecule is COc1cccnc1C(N)CC(C)(C)OC. The van der Waals surface area contributed by atoms with E-state index in [0.717, 1.165) is 11.4 Å². The zero-order valence-corrected chi connectivity index (χ0v) is 10.4. The Balaban J connectivity index is 2.84. The van der Waals surface area contributed by atoms with Gasteiger partial charge in [0.25, 0.3) is 0 Å². The van der Waals surface area contributed by atoms with Gasteiger partial charge >= 0.3 is 0 Å². The lowest BCUT2D eigenvalue weighted by Crippen LogP contribution is -2.29. The summed E-state index contributed by atoms with van der Waals surface area (Å²) in [7, 11) is 3.30. The lowest BCUT2D eigenvalue weighted by molar-refractivity contribution is 0.00951. The second-order valence-electron chi connectivity index (χ2n) is 4.37. The van der Waals surface area contributed by atoms with Crippen molar-refractivity contribution in [2.24, 2.45) is 5.73 Å². The molecule has 0 aromatic carbocycles. The second kappa shape index (κ2) is 5.27. The molecule has 0 aliphatic heterocycles. The molecule has 0 aliphatic carbocycles. The first kappa shape index (κ1) is 12.9. The lowest BCUT2D eigenvalue weighted by Gasteiger charge is -2.26. The van der Waals surface area contributed by atoms with Crippen molar-refractivity contribution in [3.8, 4) is 5.75 Å². The van der Waals surface area contributed by atoms with Crippen molar-refractivity contribution in [2.75, 3.05) is 14.2 Å². The maximum Gasteiger partial charge on any atom is 0.141 e. The molecule has 0 saturated carbocycles. The van der Waals surface area contributed by atoms with Crippen LogP contribution in [0.3, 0.4) is 0 Å². The number of methoxy groups -OCH3 is 2. The summed E-state index contributed by atoms with van der Waals surface area (Å²) in [6, 6.07) is 3.50. The number of rotatable bonds is 5. The average molecular weight is 224 g/mol. The van der Waals surface area contributed by atoms with Crippen LogP contribution in [0, 0.1) is 0 Å². The minimum Gasteiger partial charge on any atom is -0.495 e. The summed E-state index contributed by atoms with van der Waals surface area (Å²) in [6.45, 7) is 4.00. The molecular formula is C12H20N2O2. The molecule has 1 rings (SSSR count). The molecule has 0 aliphatic rings. The highest BCUT2D eigenvalue weighted by molar-refractivity contribution is 5.29. The Hall–Kier alpha value is -1.13. The largest absolute Gasteiger partial charge is 0.495 e. The summed E-state index contributed by atoms with van der Waals surface area (Å²) in [4.78, 5) is 4.26. The smallest absolute Gasteiger partial charge is 0.141 e. The van der Waals surface area contributed by atoms with Crippen LogP contribution < -0.4 is 10.5 Å². The highest BCUT2D eigenvalue weighted by atomic mass is 16.5. The molecule has 0 spiro atoms. The van der Waals surface area contributed by atoms with E-state index in [0.29, 0.717) is 6.42 Å². The Bertz CT molecular complexity index is 340. The number of hydrogen-bond acceptors (Lipinski definition) is 4. The second-order valence-corrected chi connectivity index (χ2v) is 4.37. The Morgan fingerprint density at radius 3 is 2.69 bits per heavy atom. The molecule has 16 heavy (non-hydrogen) atoms. The van der Waals surface area contributed by atoms with E-state index < -0.39 is 0 Å². The zero-order chi connectivity index (χ0) is 12.2. The quantitative estimate of drug-likeness (QED) is 0.830. The Kier molecular flexibility index (Phi) is 4.26. The Morgan fingerprint density at radius 1 is 1.44 bits per heavy atom. The minimum absolute atomic E-state index is 0.189. The van der Waals surface area contributed by atoms with E-state index in [2.05, 4.69) is 4.98 Å². The zero-order valence-electron chi connectivity index (χ0n) is 10.4. The molecule has 0 amide bonds. The summed E-state index contributed by atoms with van der Waals surface area (Å²) in [5, 5.41) is 0. The first-order valence-corrected chi connectivity index (χ1v) is 5.30. The van der Waals surface area contributed by atoms with Crippen LogP contribution in [0.2, 0.25) is 0 Å². The van der Waals surface area contributed by atoms with Crippen LogP contribution >= 0.6 is 0 Å². The van der Waals surface area contributed by atoms with Gasteiger partial charge in [-0.3, -0.25) is 4.98 Å². The molecule has 1 aromatic rings. The van der Waals surface area contributed by atoms with Gasteiger partial charge in [-0.1, -0.05) is 0 Å². The van der Waals surface area contributed by atoms with Crippen molar-refractivity contribution < 1.29 is 9.47 Å². The van der Waals surface area contributed by atoms with Crippen LogP contribution in [0.15, 0.2) is 18.3 Å². The number of aromatic nitrogens is 1. The highest BCUT2D eigenvalue weighted by Crippen LogP contribution is 2.28. The van der Waals surface area contributed by atoms with Gasteiger partial charge in [0, 0.05) is 13.3 Å². The first-order chi connectivity index (χ1) is 7.50. The van der Waals surface area contributed by atoms with Crippen LogP contribution in [0.25, 0.3) is 0 Å². The van der Waals surface area contributed by atoms with Crippen LogP contribution in [-0.4, -0.2) is 24.8 Å². The van der Waals surface area contributed by atoms with Crippen LogP contribution in [0.1, 0.15) is 32.0 Å². The fourth-order valence-corrected chi connectivity index (χ4v) is 1.56. The molecule has 1 heterocycles. The summed E-state index contributed by atoms with van der Waals surface area (Å²) in [5.74, 6) is 0.724. The molecule has 1 atom stereocenters. The van der Waals surface area contributed by atoms with Gasteiger partial charge in [-0.2, -0.15) is 0 Å². The van der Waals surface area contributed by atoms with Crippen molar-refractivity contribution in [2.45, 2.75) is 31.9 Å². The van der Waals surface area contributed by atoms with Gasteiger partial charge in [0.05, 0.1) is 24.4 Å². The van der Waals surface area contributed by atoms with Gasteiger partial charge < -0.3 is 15.2 Å². The number of nitrogens with two attached hydrogens (primary N) is 1. The summed E-state index contributed by atoms with van der Waals surface area (Å²) in [6.07, 6.45) is 2.41. The van der Waals surface area contributed by atoms with Crippen molar-refractivity contribution in [1.29, 1.82) is 0 Å². The van der Waals surface area contributed by atoms with E-state index >= 15 is 0 Å². The van der Waals surface area contributed by atoms with Gasteiger partial charge in [0.15, 0.2) is 0 Å². The van der Waals surface area contributed by atoms with E-state index in [1.165, 1.54) is 0 Å². The summed E-state index contributed by atoms with van der Waals surface area (Å²) >= 11 is 0. The standard InChI is InChI=1S/C12H20N2O2/c1-12(2,16-4)8-9(13)11-10(15-3)6-5-7-14-11/h5-7,9H,8,13H2,1-4H3. The van der Waals surface area contributed by atoms with E-state index in [1.807, 2.05) is 26.0 Å². The van der Waals surface area contributed by atoms with Crippen LogP contribution in [0.5, 0.6) is 5.75 Å². The summed E-state index contributed by atoms with van der Waals surface area (Å²) < 4.78 is 10.6. The minimum atomic E-state index is -0.262. The third-order valence-electron chi connectivity index (χ3n) is 2.63. The third-order valence-corrected chi connectivity index (χ3v) is 2.63. The number of pyridine rings is 1. The van der Waals surface area contributed by atoms with Gasteiger partial charge in [-0.25, -0.2) is 0 Å². The molecular weight excluding hydrogens is 204 g/mol. The molecule has 0 radical (unpaired) electrons. The van der Waals surface area contributed by atoms with Crippen LogP contribution in [0.4, 0.5) is 0 Å². The van der Waals surface area contributed by atoms with Crippen LogP contribution in [-0.2, 0) is 4.74 Å². The fraction of sp³-hybridized carbons (Fsp3) is 0.583. The predicted molar refractivity (Wildman–Crippen MR) is 63.4 cm³/mol. The molecule has 0 saturated heterocycles. The fourth-order valence-electron chi connectivity index (χ4n) is 1.56. The van der Waals surface area contributed by atoms with Gasteiger partial charge in [0.2, 0.25) is 0 Å². The van der Waals surface area contributed by atoms with Crippen molar-refractivity contribution in [3.05, 3.63) is 24.0 Å². The maximum absolute atomic E-state index is 6.11. The highest BCUT2D eigenvalue weighted by Gasteiger charge is 2.24. The molecule has 4 heteroatoms. The number of ether oxygens (including phenoxy) is 2. The monoisotopic (exact) mass is 224 g/mol. The Morgan fingerprint density at radius 2 is 2.12 bits per heavy atom. The predicted octanol–water partition coefficient (Wildman–Crippen LogP) is 1.91. The molecule has 0 fully saturated rings. The van der Waals surface area contributed by atoms with Crippen molar-refractivity contribution >= 4 is 0 Å². The lowest BCUT2D eigenvalue weighted by atomic mass is 9.96. The van der Waals surface area contributed by atoms with E-state index in [9.17, 15) is 0 Å². The van der Waals surface area contributed by atoms with Gasteiger partial charge in [-0.05, 0) is 32.4 Å². The van der Waals surface area contributed by atoms with Crippen molar-refractivity contribution in [3.63, 3.8) is 0 Å². The van der Waals surface area contributed by atoms with E-state index in [-0.39, 0.29) is 11.6 Å². The topological polar surface area (TPSA) is 57.4 Å². The van der Waals surface area contributed by atoms with E-state index in [4.69, 9.17) is 15.2 Å². The molecule has 4 nitrogen and oxygen atoms in total. The molecule has 1 unspecified atom stereocenters. The average Bonchev–Trinajstić information content (AvgIpc) is 2.28. The van der Waals surface area contributed by atoms with Crippen molar-refractivity contribution in [1.82, 2.24) is 4.98 Å². The third kappa shape index (κ3) is 3.18. The molecule has 90 valence electrons. The Labute approximate surface area is 96.8 Å². The number of nitrogens with zero attached hydrogens (tertiary/aromatic N) is 1. The normalized spacial score (nSPS) is 13.6. The van der Waals surface area contributed by atoms with Gasteiger partial charge in [-0.15, -0.1) is 0 Å². The molecule has 1 aromatic heterocycles. The number of hydrogen-bond donors (Lipinski definition) is 1. The first-order valence-electron chi connectivity index (χ1n) is 5.30. The summed E-state index contributed by atoms with van der Waals surface area (Å²) in [5.41, 5.74) is 6.62. The maximum atomic E-state index is 6.11.